The van der Waals surface area contributed by atoms with Gasteiger partial charge in [0, 0.05) is 13.1 Å². The van der Waals surface area contributed by atoms with Gasteiger partial charge in [0.15, 0.2) is 5.16 Å². The van der Waals surface area contributed by atoms with E-state index in [4.69, 9.17) is 4.74 Å². The van der Waals surface area contributed by atoms with Crippen molar-refractivity contribution in [1.82, 2.24) is 24.7 Å². The van der Waals surface area contributed by atoms with E-state index in [0.717, 1.165) is 35.4 Å². The lowest BCUT2D eigenvalue weighted by atomic mass is 10.2. The van der Waals surface area contributed by atoms with Crippen LogP contribution in [0.25, 0.3) is 16.6 Å². The molecule has 2 aromatic heterocycles. The Hall–Kier alpha value is -3.17. The Bertz CT molecular complexity index is 1310. The summed E-state index contributed by atoms with van der Waals surface area (Å²) in [6.45, 7) is 6.96. The molecular weight excluding hydrogens is 424 g/mol. The fourth-order valence-corrected chi connectivity index (χ4v) is 4.73. The molecule has 1 aliphatic heterocycles. The van der Waals surface area contributed by atoms with Gasteiger partial charge in [-0.15, -0.1) is 10.2 Å². The third-order valence-electron chi connectivity index (χ3n) is 5.47. The van der Waals surface area contributed by atoms with Gasteiger partial charge in [-0.05, 0) is 43.7 Å². The maximum atomic E-state index is 12.5. The highest BCUT2D eigenvalue weighted by Gasteiger charge is 2.24. The molecule has 8 nitrogen and oxygen atoms in total. The van der Waals surface area contributed by atoms with Crippen LogP contribution in [-0.2, 0) is 4.74 Å². The number of aryl methyl sites for hydroxylation is 1. The lowest BCUT2D eigenvalue weighted by Crippen LogP contribution is -2.37. The first-order chi connectivity index (χ1) is 15.6. The molecule has 5 rings (SSSR count). The molecule has 0 aliphatic carbocycles. The predicted octanol–water partition coefficient (Wildman–Crippen LogP) is 3.50. The number of fused-ring (bicyclic) bond motifs is 1. The molecule has 0 unspecified atom stereocenters. The Morgan fingerprint density at radius 3 is 2.72 bits per heavy atom. The molecule has 2 aromatic carbocycles. The average molecular weight is 449 g/mol. The molecular formula is C23H24N6O2S. The maximum absolute atomic E-state index is 12.5. The van der Waals surface area contributed by atoms with E-state index in [0.29, 0.717) is 29.9 Å². The monoisotopic (exact) mass is 448 g/mol. The van der Waals surface area contributed by atoms with Crippen molar-refractivity contribution in [3.63, 3.8) is 0 Å². The Morgan fingerprint density at radius 2 is 1.91 bits per heavy atom. The second-order valence-electron chi connectivity index (χ2n) is 7.78. The number of nitrogens with one attached hydrogen (secondary N) is 1. The summed E-state index contributed by atoms with van der Waals surface area (Å²) in [5, 5.41) is 10.3. The molecule has 1 saturated heterocycles. The Balaban J connectivity index is 1.53. The Labute approximate surface area is 189 Å². The molecule has 1 N–H and O–H groups in total. The summed E-state index contributed by atoms with van der Waals surface area (Å²) in [6, 6.07) is 15.7. The molecule has 3 heterocycles. The number of anilines is 1. The zero-order chi connectivity index (χ0) is 22.1. The third-order valence-corrected chi connectivity index (χ3v) is 6.52. The fraction of sp³-hybridized carbons (Fsp3) is 0.304. The van der Waals surface area contributed by atoms with Crippen LogP contribution in [-0.4, -0.2) is 51.0 Å². The van der Waals surface area contributed by atoms with E-state index in [1.54, 1.807) is 6.07 Å². The number of hydrogen-bond donors (Lipinski definition) is 1. The number of morpholine rings is 1. The van der Waals surface area contributed by atoms with Gasteiger partial charge < -0.3 is 14.6 Å². The summed E-state index contributed by atoms with van der Waals surface area (Å²) in [6.07, 6.45) is 0. The normalized spacial score (nSPS) is 15.2. The molecule has 4 aromatic rings. The Kier molecular flexibility index (Phi) is 5.67. The van der Waals surface area contributed by atoms with E-state index >= 15 is 0 Å². The van der Waals surface area contributed by atoms with Crippen LogP contribution < -0.4 is 10.5 Å². The van der Waals surface area contributed by atoms with Gasteiger partial charge in [0.05, 0.1) is 35.1 Å². The predicted molar refractivity (Wildman–Crippen MR) is 126 cm³/mol. The summed E-state index contributed by atoms with van der Waals surface area (Å²) in [5.74, 6) is 1.42. The van der Waals surface area contributed by atoms with Crippen LogP contribution in [0.3, 0.4) is 0 Å². The van der Waals surface area contributed by atoms with Crippen molar-refractivity contribution in [2.24, 2.45) is 0 Å². The molecule has 164 valence electrons. The summed E-state index contributed by atoms with van der Waals surface area (Å²) in [7, 11) is 0. The Morgan fingerprint density at radius 1 is 1.09 bits per heavy atom. The number of hydrogen-bond acceptors (Lipinski definition) is 7. The molecule has 1 aliphatic rings. The van der Waals surface area contributed by atoms with Crippen LogP contribution in [0.2, 0.25) is 0 Å². The number of ether oxygens (including phenoxy) is 1. The van der Waals surface area contributed by atoms with E-state index in [1.807, 2.05) is 31.2 Å². The highest BCUT2D eigenvalue weighted by molar-refractivity contribution is 7.99. The molecule has 0 amide bonds. The molecule has 0 bridgehead atoms. The van der Waals surface area contributed by atoms with Gasteiger partial charge in [-0.25, -0.2) is 4.98 Å². The zero-order valence-electron chi connectivity index (χ0n) is 18.0. The van der Waals surface area contributed by atoms with Crippen LogP contribution in [0.4, 0.5) is 5.95 Å². The van der Waals surface area contributed by atoms with Crippen LogP contribution in [0.15, 0.2) is 58.5 Å². The first-order valence-electron chi connectivity index (χ1n) is 10.6. The number of thioether (sulfide) groups is 1. The van der Waals surface area contributed by atoms with Gasteiger partial charge >= 0.3 is 0 Å². The quantitative estimate of drug-likeness (QED) is 0.468. The van der Waals surface area contributed by atoms with Crippen molar-refractivity contribution in [3.8, 4) is 5.69 Å². The lowest BCUT2D eigenvalue weighted by molar-refractivity contribution is 0.122. The molecule has 0 saturated carbocycles. The van der Waals surface area contributed by atoms with Gasteiger partial charge in [-0.3, -0.25) is 9.36 Å². The topological polar surface area (TPSA) is 88.9 Å². The third kappa shape index (κ3) is 4.01. The van der Waals surface area contributed by atoms with Crippen molar-refractivity contribution in [2.75, 3.05) is 31.2 Å². The van der Waals surface area contributed by atoms with Crippen molar-refractivity contribution >= 4 is 28.6 Å². The van der Waals surface area contributed by atoms with Crippen molar-refractivity contribution in [1.29, 1.82) is 0 Å². The number of aromatic amines is 1. The van der Waals surface area contributed by atoms with Gasteiger partial charge in [-0.2, -0.15) is 0 Å². The maximum Gasteiger partial charge on any atom is 0.258 e. The van der Waals surface area contributed by atoms with E-state index < -0.39 is 0 Å². The number of aromatic nitrogens is 5. The number of H-pyrrole nitrogens is 1. The number of rotatable bonds is 5. The molecule has 9 heteroatoms. The van der Waals surface area contributed by atoms with Crippen LogP contribution in [0.1, 0.15) is 23.6 Å². The standard InChI is InChI=1S/C23H24N6O2S/c1-15-6-5-7-17(14-15)29-22(28-10-12-31-13-11-28)26-27-23(29)32-16(2)20-24-19-9-4-3-8-18(19)21(30)25-20/h3-9,14,16H,10-13H2,1-2H3,(H,24,25,30)/t16-/m0/s1. The lowest BCUT2D eigenvalue weighted by Gasteiger charge is -2.28. The van der Waals surface area contributed by atoms with Crippen molar-refractivity contribution in [2.45, 2.75) is 24.3 Å². The SMILES string of the molecule is Cc1cccc(-n2c(S[C@@H](C)c3nc4ccccc4c(=O)[nH]3)nnc2N2CCOCC2)c1. The second kappa shape index (κ2) is 8.76. The summed E-state index contributed by atoms with van der Waals surface area (Å²) >= 11 is 1.52. The number of nitrogens with zero attached hydrogens (tertiary/aromatic N) is 5. The highest BCUT2D eigenvalue weighted by Crippen LogP contribution is 2.35. The van der Waals surface area contributed by atoms with E-state index in [1.165, 1.54) is 11.8 Å². The number of benzene rings is 2. The minimum absolute atomic E-state index is 0.127. The molecule has 1 atom stereocenters. The van der Waals surface area contributed by atoms with E-state index in [9.17, 15) is 4.79 Å². The number of para-hydroxylation sites is 1. The summed E-state index contributed by atoms with van der Waals surface area (Å²) < 4.78 is 7.60. The fourth-order valence-electron chi connectivity index (χ4n) is 3.81. The minimum atomic E-state index is -0.132. The molecule has 0 spiro atoms. The average Bonchev–Trinajstić information content (AvgIpc) is 3.23. The van der Waals surface area contributed by atoms with Crippen molar-refractivity contribution in [3.05, 3.63) is 70.3 Å². The first kappa shape index (κ1) is 20.7. The molecule has 1 fully saturated rings. The van der Waals surface area contributed by atoms with Crippen LogP contribution >= 0.6 is 11.8 Å². The first-order valence-corrected chi connectivity index (χ1v) is 11.5. The van der Waals surface area contributed by atoms with Crippen LogP contribution in [0.5, 0.6) is 0 Å². The van der Waals surface area contributed by atoms with Crippen LogP contribution in [0, 0.1) is 6.92 Å². The van der Waals surface area contributed by atoms with Gasteiger partial charge in [0.25, 0.3) is 5.56 Å². The smallest absolute Gasteiger partial charge is 0.258 e. The van der Waals surface area contributed by atoms with Gasteiger partial charge in [0.1, 0.15) is 5.82 Å². The highest BCUT2D eigenvalue weighted by atomic mass is 32.2. The summed E-state index contributed by atoms with van der Waals surface area (Å²) in [5.41, 5.74) is 2.72. The van der Waals surface area contributed by atoms with E-state index in [2.05, 4.69) is 54.8 Å². The largest absolute Gasteiger partial charge is 0.378 e. The summed E-state index contributed by atoms with van der Waals surface area (Å²) in [4.78, 5) is 22.4. The minimum Gasteiger partial charge on any atom is -0.378 e. The molecule has 32 heavy (non-hydrogen) atoms. The zero-order valence-corrected chi connectivity index (χ0v) is 18.8. The van der Waals surface area contributed by atoms with Gasteiger partial charge in [-0.1, -0.05) is 36.0 Å². The van der Waals surface area contributed by atoms with E-state index in [-0.39, 0.29) is 10.8 Å². The molecule has 0 radical (unpaired) electrons. The van der Waals surface area contributed by atoms with Gasteiger partial charge in [0.2, 0.25) is 5.95 Å². The van der Waals surface area contributed by atoms with Crippen molar-refractivity contribution < 1.29 is 4.74 Å². The second-order valence-corrected chi connectivity index (χ2v) is 9.09.